The molecule has 0 aliphatic heterocycles. The number of benzene rings is 4. The quantitative estimate of drug-likeness (QED) is 0.263. The number of likely N-dealkylation sites (N-methyl/N-ethyl adjacent to an activating group) is 1. The number of rotatable bonds is 11. The van der Waals surface area contributed by atoms with Crippen LogP contribution in [0.15, 0.2) is 108 Å². The topological polar surface area (TPSA) is 86.8 Å². The molecule has 0 aromatic heterocycles. The maximum Gasteiger partial charge on any atom is 0.264 e. The van der Waals surface area contributed by atoms with Crippen LogP contribution in [-0.2, 0) is 32.6 Å². The minimum absolute atomic E-state index is 0.0779. The molecule has 0 aliphatic carbocycles. The third kappa shape index (κ3) is 7.44. The Kier molecular flexibility index (Phi) is 9.80. The fourth-order valence-corrected chi connectivity index (χ4v) is 6.37. The van der Waals surface area contributed by atoms with Crippen LogP contribution in [0.5, 0.6) is 0 Å². The van der Waals surface area contributed by atoms with Gasteiger partial charge in [0.05, 0.1) is 10.6 Å². The largest absolute Gasteiger partial charge is 0.357 e. The molecule has 0 heterocycles. The number of anilines is 1. The number of amides is 2. The van der Waals surface area contributed by atoms with Crippen LogP contribution in [0, 0.1) is 20.8 Å². The molecule has 2 amide bonds. The Balaban J connectivity index is 1.80. The second-order valence-corrected chi connectivity index (χ2v) is 12.4. The summed E-state index contributed by atoms with van der Waals surface area (Å²) >= 11 is 0. The van der Waals surface area contributed by atoms with Gasteiger partial charge in [-0.15, -0.1) is 0 Å². The predicted octanol–water partition coefficient (Wildman–Crippen LogP) is 5.19. The van der Waals surface area contributed by atoms with E-state index in [1.807, 2.05) is 81.4 Å². The zero-order chi connectivity index (χ0) is 30.3. The number of carbonyl (C=O) groups is 2. The van der Waals surface area contributed by atoms with Crippen LogP contribution < -0.4 is 9.62 Å². The average molecular weight is 584 g/mol. The fourth-order valence-electron chi connectivity index (χ4n) is 4.95. The molecule has 0 saturated carbocycles. The SMILES string of the molecule is CNC(=O)[C@@H](Cc1ccccc1)N(Cc1ccc(C)cc1)C(=O)CN(c1cc(C)cc(C)c1)S(=O)(=O)c1ccccc1. The molecular weight excluding hydrogens is 546 g/mol. The van der Waals surface area contributed by atoms with Gasteiger partial charge >= 0.3 is 0 Å². The third-order valence-corrected chi connectivity index (χ3v) is 8.88. The Morgan fingerprint density at radius 1 is 0.738 bits per heavy atom. The molecule has 4 aromatic carbocycles. The first-order chi connectivity index (χ1) is 20.1. The lowest BCUT2D eigenvalue weighted by Gasteiger charge is -2.33. The van der Waals surface area contributed by atoms with Crippen molar-refractivity contribution < 1.29 is 18.0 Å². The van der Waals surface area contributed by atoms with E-state index in [9.17, 15) is 18.0 Å². The monoisotopic (exact) mass is 583 g/mol. The Morgan fingerprint density at radius 2 is 1.31 bits per heavy atom. The van der Waals surface area contributed by atoms with Gasteiger partial charge in [0.1, 0.15) is 12.6 Å². The van der Waals surface area contributed by atoms with Crippen molar-refractivity contribution in [1.82, 2.24) is 10.2 Å². The Hall–Kier alpha value is -4.43. The molecule has 4 aromatic rings. The maximum absolute atomic E-state index is 14.3. The van der Waals surface area contributed by atoms with Crippen molar-refractivity contribution in [1.29, 1.82) is 0 Å². The van der Waals surface area contributed by atoms with E-state index in [2.05, 4.69) is 5.32 Å². The van der Waals surface area contributed by atoms with Crippen molar-refractivity contribution in [3.63, 3.8) is 0 Å². The summed E-state index contributed by atoms with van der Waals surface area (Å²) in [6.07, 6.45) is 0.271. The van der Waals surface area contributed by atoms with Gasteiger partial charge in [-0.3, -0.25) is 13.9 Å². The van der Waals surface area contributed by atoms with Gasteiger partial charge in [0.25, 0.3) is 10.0 Å². The number of aryl methyl sites for hydroxylation is 3. The number of carbonyl (C=O) groups excluding carboxylic acids is 2. The van der Waals surface area contributed by atoms with Crippen LogP contribution in [0.4, 0.5) is 5.69 Å². The first kappa shape index (κ1) is 30.5. The molecule has 42 heavy (non-hydrogen) atoms. The van der Waals surface area contributed by atoms with Crippen molar-refractivity contribution in [2.75, 3.05) is 17.9 Å². The van der Waals surface area contributed by atoms with Crippen molar-refractivity contribution in [3.8, 4) is 0 Å². The number of nitrogens with one attached hydrogen (secondary N) is 1. The second kappa shape index (κ2) is 13.5. The van der Waals surface area contributed by atoms with E-state index in [1.54, 1.807) is 30.3 Å². The molecule has 1 atom stereocenters. The van der Waals surface area contributed by atoms with E-state index in [-0.39, 0.29) is 23.8 Å². The molecule has 0 bridgehead atoms. The van der Waals surface area contributed by atoms with Crippen LogP contribution in [0.1, 0.15) is 27.8 Å². The van der Waals surface area contributed by atoms with Crippen molar-refractivity contribution >= 4 is 27.5 Å². The Labute approximate surface area is 248 Å². The van der Waals surface area contributed by atoms with Crippen LogP contribution >= 0.6 is 0 Å². The lowest BCUT2D eigenvalue weighted by Crippen LogP contribution is -2.53. The molecule has 7 nitrogen and oxygen atoms in total. The van der Waals surface area contributed by atoms with Crippen molar-refractivity contribution in [2.24, 2.45) is 0 Å². The summed E-state index contributed by atoms with van der Waals surface area (Å²) < 4.78 is 29.2. The smallest absolute Gasteiger partial charge is 0.264 e. The maximum atomic E-state index is 14.3. The molecule has 0 radical (unpaired) electrons. The summed E-state index contributed by atoms with van der Waals surface area (Å²) in [4.78, 5) is 29.2. The van der Waals surface area contributed by atoms with Crippen molar-refractivity contribution in [2.45, 2.75) is 44.7 Å². The molecule has 8 heteroatoms. The van der Waals surface area contributed by atoms with Gasteiger partial charge in [-0.1, -0.05) is 84.4 Å². The van der Waals surface area contributed by atoms with Gasteiger partial charge in [-0.05, 0) is 67.3 Å². The molecule has 4 rings (SSSR count). The summed E-state index contributed by atoms with van der Waals surface area (Å²) in [6.45, 7) is 5.41. The van der Waals surface area contributed by atoms with Crippen molar-refractivity contribution in [3.05, 3.63) is 131 Å². The van der Waals surface area contributed by atoms with Gasteiger partial charge in [-0.2, -0.15) is 0 Å². The lowest BCUT2D eigenvalue weighted by molar-refractivity contribution is -0.139. The van der Waals surface area contributed by atoms with Crippen LogP contribution in [0.3, 0.4) is 0 Å². The molecule has 0 aliphatic rings. The van der Waals surface area contributed by atoms with Gasteiger partial charge < -0.3 is 10.2 Å². The van der Waals surface area contributed by atoms with Crippen LogP contribution in [0.2, 0.25) is 0 Å². The summed E-state index contributed by atoms with van der Waals surface area (Å²) in [5.74, 6) is -0.818. The van der Waals surface area contributed by atoms with Gasteiger partial charge in [-0.25, -0.2) is 8.42 Å². The number of hydrogen-bond donors (Lipinski definition) is 1. The minimum atomic E-state index is -4.12. The second-order valence-electron chi connectivity index (χ2n) is 10.5. The highest BCUT2D eigenvalue weighted by Gasteiger charge is 2.34. The van der Waals surface area contributed by atoms with Gasteiger partial charge in [0.15, 0.2) is 0 Å². The summed E-state index contributed by atoms with van der Waals surface area (Å²) in [7, 11) is -2.58. The lowest BCUT2D eigenvalue weighted by atomic mass is 10.0. The predicted molar refractivity (Wildman–Crippen MR) is 167 cm³/mol. The molecule has 0 unspecified atom stereocenters. The normalized spacial score (nSPS) is 11.9. The highest BCUT2D eigenvalue weighted by molar-refractivity contribution is 7.92. The minimum Gasteiger partial charge on any atom is -0.357 e. The number of nitrogens with zero attached hydrogens (tertiary/aromatic N) is 2. The summed E-state index contributed by atoms with van der Waals surface area (Å²) in [6, 6.07) is 29.9. The average Bonchev–Trinajstić information content (AvgIpc) is 2.98. The van der Waals surface area contributed by atoms with E-state index in [1.165, 1.54) is 24.1 Å². The molecule has 0 saturated heterocycles. The fraction of sp³-hybridized carbons (Fsp3) is 0.235. The first-order valence-corrected chi connectivity index (χ1v) is 15.3. The van der Waals surface area contributed by atoms with Crippen LogP contribution in [0.25, 0.3) is 0 Å². The van der Waals surface area contributed by atoms with E-state index in [4.69, 9.17) is 0 Å². The molecule has 0 fully saturated rings. The third-order valence-electron chi connectivity index (χ3n) is 7.10. The van der Waals surface area contributed by atoms with Gasteiger partial charge in [0, 0.05) is 20.0 Å². The summed E-state index contributed by atoms with van der Waals surface area (Å²) in [5.41, 5.74) is 4.91. The molecule has 218 valence electrons. The summed E-state index contributed by atoms with van der Waals surface area (Å²) in [5, 5.41) is 2.71. The first-order valence-electron chi connectivity index (χ1n) is 13.8. The Morgan fingerprint density at radius 3 is 1.88 bits per heavy atom. The highest BCUT2D eigenvalue weighted by Crippen LogP contribution is 2.27. The van der Waals surface area contributed by atoms with E-state index in [0.717, 1.165) is 32.1 Å². The van der Waals surface area contributed by atoms with E-state index in [0.29, 0.717) is 5.69 Å². The van der Waals surface area contributed by atoms with E-state index < -0.39 is 28.5 Å². The van der Waals surface area contributed by atoms with Gasteiger partial charge in [0.2, 0.25) is 11.8 Å². The highest BCUT2D eigenvalue weighted by atomic mass is 32.2. The van der Waals surface area contributed by atoms with Crippen LogP contribution in [-0.4, -0.2) is 44.8 Å². The zero-order valence-corrected chi connectivity index (χ0v) is 25.3. The Bertz CT molecular complexity index is 1600. The number of hydrogen-bond acceptors (Lipinski definition) is 4. The molecule has 0 spiro atoms. The zero-order valence-electron chi connectivity index (χ0n) is 24.4. The number of sulfonamides is 1. The standard InChI is InChI=1S/C34H37N3O4S/c1-25-15-17-29(18-16-25)23-36(32(34(39)35-4)22-28-11-7-5-8-12-28)33(38)24-37(30-20-26(2)19-27(3)21-30)42(40,41)31-13-9-6-10-14-31/h5-21,32H,22-24H2,1-4H3,(H,35,39)/t32-/m1/s1. The molecule has 1 N–H and O–H groups in total. The van der Waals surface area contributed by atoms with E-state index >= 15 is 0 Å². The molecular formula is C34H37N3O4S.